The highest BCUT2D eigenvalue weighted by Crippen LogP contribution is 2.30. The van der Waals surface area contributed by atoms with Crippen LogP contribution in [0.25, 0.3) is 27.8 Å². The van der Waals surface area contributed by atoms with Gasteiger partial charge in [0.25, 0.3) is 0 Å². The van der Waals surface area contributed by atoms with Crippen LogP contribution in [0.2, 0.25) is 0 Å². The Bertz CT molecular complexity index is 2100. The summed E-state index contributed by atoms with van der Waals surface area (Å²) in [6.07, 6.45) is 2.90. The number of nitrogens with one attached hydrogen (secondary N) is 2. The van der Waals surface area contributed by atoms with E-state index in [2.05, 4.69) is 141 Å². The van der Waals surface area contributed by atoms with Crippen LogP contribution >= 0.6 is 0 Å². The van der Waals surface area contributed by atoms with E-state index in [1.807, 2.05) is 86.7 Å². The minimum Gasteiger partial charge on any atom is -0.317 e. The summed E-state index contributed by atoms with van der Waals surface area (Å²) in [5.74, 6) is 0. The largest absolute Gasteiger partial charge is 0.317 e. The normalized spacial score (nSPS) is 10.2. The monoisotopic (exact) mass is 676 g/mol. The van der Waals surface area contributed by atoms with Crippen LogP contribution in [0.15, 0.2) is 200 Å². The lowest BCUT2D eigenvalue weighted by Crippen LogP contribution is -1.98. The molecule has 0 aliphatic heterocycles. The molecule has 0 heterocycles. The van der Waals surface area contributed by atoms with Gasteiger partial charge in [0.05, 0.1) is 5.71 Å². The smallest absolute Gasteiger partial charge is 0.0618 e. The lowest BCUT2D eigenvalue weighted by Gasteiger charge is -2.12. The molecule has 0 saturated heterocycles. The zero-order valence-electron chi connectivity index (χ0n) is 30.5. The van der Waals surface area contributed by atoms with Crippen molar-refractivity contribution in [2.75, 3.05) is 0 Å². The summed E-state index contributed by atoms with van der Waals surface area (Å²) < 4.78 is 0. The van der Waals surface area contributed by atoms with Gasteiger partial charge < -0.3 is 10.8 Å². The highest BCUT2D eigenvalue weighted by molar-refractivity contribution is 6.12. The number of hydrogen-bond acceptors (Lipinski definition) is 2. The van der Waals surface area contributed by atoms with Crippen LogP contribution in [-0.2, 0) is 6.42 Å². The quantitative estimate of drug-likeness (QED) is 0.151. The molecule has 2 nitrogen and oxygen atoms in total. The summed E-state index contributed by atoms with van der Waals surface area (Å²) >= 11 is 0. The van der Waals surface area contributed by atoms with Crippen molar-refractivity contribution < 1.29 is 0 Å². The Balaban J connectivity index is 0.000000482. The Kier molecular flexibility index (Phi) is 15.5. The summed E-state index contributed by atoms with van der Waals surface area (Å²) in [5, 5.41) is 14.2. The standard InChI is InChI=1S/C40H31N.C7H8.C2H6.CH3N/c41-40(35-17-8-3-9-18-35)29-39(33-15-6-2-7-16-33)34-24-22-32(23-25-34)37-20-11-21-38(28-37)36-19-10-14-31(27-36)26-30-12-4-1-5-13-30;1-7-5-3-2-4-6-7;2*1-2/h1-25,27-29,41H,26H2;2-6H,1H3;1-2H3;2H,1H2/b39-29-,41-40?;;;. The molecule has 0 amide bonds. The Labute approximate surface area is 310 Å². The minimum atomic E-state index is 0.496. The van der Waals surface area contributed by atoms with E-state index in [1.54, 1.807) is 0 Å². The van der Waals surface area contributed by atoms with E-state index in [4.69, 9.17) is 10.8 Å². The number of rotatable bonds is 8. The molecular formula is C50H48N2. The van der Waals surface area contributed by atoms with Crippen molar-refractivity contribution in [1.29, 1.82) is 10.8 Å². The topological polar surface area (TPSA) is 47.7 Å². The van der Waals surface area contributed by atoms with Gasteiger partial charge in [-0.2, -0.15) is 0 Å². The molecule has 0 spiro atoms. The number of benzene rings is 7. The molecule has 0 saturated carbocycles. The Hall–Kier alpha value is -6.38. The number of aryl methyl sites for hydroxylation is 1. The minimum absolute atomic E-state index is 0.496. The average molecular weight is 677 g/mol. The predicted molar refractivity (Wildman–Crippen MR) is 226 cm³/mol. The molecule has 2 heteroatoms. The first-order valence-corrected chi connectivity index (χ1v) is 17.7. The third-order valence-electron chi connectivity index (χ3n) is 8.30. The second-order valence-corrected chi connectivity index (χ2v) is 11.9. The van der Waals surface area contributed by atoms with Gasteiger partial charge in [0.1, 0.15) is 0 Å². The van der Waals surface area contributed by atoms with E-state index in [-0.39, 0.29) is 0 Å². The third kappa shape index (κ3) is 11.3. The molecule has 0 fully saturated rings. The first-order valence-electron chi connectivity index (χ1n) is 17.7. The van der Waals surface area contributed by atoms with E-state index in [1.165, 1.54) is 38.9 Å². The Morgan fingerprint density at radius 1 is 0.442 bits per heavy atom. The lowest BCUT2D eigenvalue weighted by atomic mass is 9.92. The van der Waals surface area contributed by atoms with Crippen LogP contribution in [0, 0.1) is 17.7 Å². The molecule has 7 aromatic carbocycles. The first-order chi connectivity index (χ1) is 25.6. The Morgan fingerprint density at radius 2 is 0.865 bits per heavy atom. The highest BCUT2D eigenvalue weighted by atomic mass is 14.4. The van der Waals surface area contributed by atoms with Gasteiger partial charge >= 0.3 is 0 Å². The van der Waals surface area contributed by atoms with Crippen LogP contribution < -0.4 is 0 Å². The molecule has 0 unspecified atom stereocenters. The summed E-state index contributed by atoms with van der Waals surface area (Å²) in [5.41, 5.74) is 13.4. The molecule has 2 N–H and O–H groups in total. The molecular weight excluding hydrogens is 629 g/mol. The molecule has 0 aliphatic rings. The van der Waals surface area contributed by atoms with Crippen molar-refractivity contribution in [2.24, 2.45) is 0 Å². The van der Waals surface area contributed by atoms with Gasteiger partial charge in [0.15, 0.2) is 0 Å². The molecule has 0 aliphatic carbocycles. The number of allylic oxidation sites excluding steroid dienone is 1. The molecule has 0 radical (unpaired) electrons. The van der Waals surface area contributed by atoms with Crippen LogP contribution in [-0.4, -0.2) is 12.4 Å². The van der Waals surface area contributed by atoms with Crippen molar-refractivity contribution in [3.05, 3.63) is 234 Å². The van der Waals surface area contributed by atoms with Gasteiger partial charge in [-0.25, -0.2) is 0 Å². The van der Waals surface area contributed by atoms with Gasteiger partial charge in [0.2, 0.25) is 0 Å². The zero-order valence-corrected chi connectivity index (χ0v) is 30.5. The molecule has 258 valence electrons. The van der Waals surface area contributed by atoms with Crippen molar-refractivity contribution >= 4 is 18.0 Å². The molecule has 7 aromatic rings. The van der Waals surface area contributed by atoms with Crippen molar-refractivity contribution in [3.63, 3.8) is 0 Å². The van der Waals surface area contributed by atoms with Crippen LogP contribution in [0.5, 0.6) is 0 Å². The second-order valence-electron chi connectivity index (χ2n) is 11.9. The SMILES string of the molecule is C=N.CC.Cc1ccccc1.N=C(/C=C(/c1ccccc1)c1ccc(-c2cccc(-c3cccc(Cc4ccccc4)c3)c2)cc1)c1ccccc1. The maximum atomic E-state index is 8.74. The molecule has 0 aromatic heterocycles. The predicted octanol–water partition coefficient (Wildman–Crippen LogP) is 13.4. The zero-order chi connectivity index (χ0) is 37.0. The van der Waals surface area contributed by atoms with Gasteiger partial charge in [-0.05, 0) is 87.8 Å². The van der Waals surface area contributed by atoms with E-state index in [9.17, 15) is 0 Å². The van der Waals surface area contributed by atoms with Crippen LogP contribution in [0.1, 0.15) is 47.2 Å². The summed E-state index contributed by atoms with van der Waals surface area (Å²) in [6, 6.07) is 67.4. The maximum absolute atomic E-state index is 8.74. The van der Waals surface area contributed by atoms with E-state index < -0.39 is 0 Å². The summed E-state index contributed by atoms with van der Waals surface area (Å²) in [7, 11) is 0. The lowest BCUT2D eigenvalue weighted by molar-refractivity contribution is 1.19. The van der Waals surface area contributed by atoms with E-state index >= 15 is 0 Å². The Morgan fingerprint density at radius 3 is 1.40 bits per heavy atom. The maximum Gasteiger partial charge on any atom is 0.0618 e. The van der Waals surface area contributed by atoms with Gasteiger partial charge in [0, 0.05) is 0 Å². The van der Waals surface area contributed by atoms with Gasteiger partial charge in [-0.15, -0.1) is 0 Å². The summed E-state index contributed by atoms with van der Waals surface area (Å²) in [4.78, 5) is 0. The van der Waals surface area contributed by atoms with Crippen molar-refractivity contribution in [3.8, 4) is 22.3 Å². The fraction of sp³-hybridized carbons (Fsp3) is 0.0800. The fourth-order valence-electron chi connectivity index (χ4n) is 5.74. The molecule has 7 rings (SSSR count). The molecule has 0 atom stereocenters. The second kappa shape index (κ2) is 21.0. The van der Waals surface area contributed by atoms with Crippen molar-refractivity contribution in [1.82, 2.24) is 0 Å². The molecule has 0 bridgehead atoms. The van der Waals surface area contributed by atoms with Crippen LogP contribution in [0.4, 0.5) is 0 Å². The highest BCUT2D eigenvalue weighted by Gasteiger charge is 2.09. The van der Waals surface area contributed by atoms with Gasteiger partial charge in [-0.3, -0.25) is 0 Å². The third-order valence-corrected chi connectivity index (χ3v) is 8.30. The fourth-order valence-corrected chi connectivity index (χ4v) is 5.74. The summed E-state index contributed by atoms with van der Waals surface area (Å²) in [6.45, 7) is 8.58. The van der Waals surface area contributed by atoms with Gasteiger partial charge in [-0.1, -0.05) is 207 Å². The molecule has 52 heavy (non-hydrogen) atoms. The van der Waals surface area contributed by atoms with E-state index in [0.29, 0.717) is 5.71 Å². The van der Waals surface area contributed by atoms with Crippen molar-refractivity contribution in [2.45, 2.75) is 27.2 Å². The average Bonchev–Trinajstić information content (AvgIpc) is 3.23. The van der Waals surface area contributed by atoms with Crippen LogP contribution in [0.3, 0.4) is 0 Å². The van der Waals surface area contributed by atoms with E-state index in [0.717, 1.165) is 28.7 Å². The first kappa shape index (κ1) is 38.4. The number of hydrogen-bond donors (Lipinski definition) is 2.